The third kappa shape index (κ3) is 1.78. The van der Waals surface area contributed by atoms with E-state index in [9.17, 15) is 18.0 Å². The molecule has 0 N–H and O–H groups in total. The minimum Gasteiger partial charge on any atom is -0.294 e. The molecule has 0 unspecified atom stereocenters. The number of halogens is 3. The number of hydrogen-bond acceptors (Lipinski definition) is 2. The van der Waals surface area contributed by atoms with Crippen LogP contribution < -0.4 is 0 Å². The lowest BCUT2D eigenvalue weighted by atomic mass is 10.2. The molecule has 0 aromatic carbocycles. The zero-order valence-electron chi connectivity index (χ0n) is 7.72. The number of carbonyl (C=O) groups excluding carboxylic acids is 1. The molecule has 0 aliphatic heterocycles. The Morgan fingerprint density at radius 3 is 2.50 bits per heavy atom. The van der Waals surface area contributed by atoms with Gasteiger partial charge in [0.25, 0.3) is 0 Å². The highest BCUT2D eigenvalue weighted by atomic mass is 19.4. The number of aryl methyl sites for hydroxylation is 1. The molecular weight excluding hydrogens is 197 g/mol. The smallest absolute Gasteiger partial charge is 0.294 e. The van der Waals surface area contributed by atoms with E-state index in [1.165, 1.54) is 6.92 Å². The molecule has 0 bridgehead atoms. The third-order valence-corrected chi connectivity index (χ3v) is 1.79. The molecule has 1 aromatic rings. The Morgan fingerprint density at radius 2 is 2.14 bits per heavy atom. The Hall–Kier alpha value is -1.33. The average Bonchev–Trinajstić information content (AvgIpc) is 2.45. The van der Waals surface area contributed by atoms with Crippen LogP contribution >= 0.6 is 0 Å². The van der Waals surface area contributed by atoms with Crippen molar-refractivity contribution in [3.8, 4) is 0 Å². The number of carbonyl (C=O) groups is 1. The van der Waals surface area contributed by atoms with E-state index in [1.807, 2.05) is 0 Å². The Morgan fingerprint density at radius 1 is 1.57 bits per heavy atom. The van der Waals surface area contributed by atoms with Crippen molar-refractivity contribution in [2.24, 2.45) is 0 Å². The predicted octanol–water partition coefficient (Wildman–Crippen LogP) is 2.12. The second-order valence-electron chi connectivity index (χ2n) is 2.78. The van der Waals surface area contributed by atoms with Crippen LogP contribution in [0.4, 0.5) is 13.2 Å². The van der Waals surface area contributed by atoms with E-state index in [4.69, 9.17) is 0 Å². The summed E-state index contributed by atoms with van der Waals surface area (Å²) in [4.78, 5) is 10.9. The SMILES string of the molecule is CCn1ncc(C(C)=O)c1C(F)(F)F. The molecule has 0 aliphatic rings. The lowest BCUT2D eigenvalue weighted by Gasteiger charge is -2.09. The molecular formula is C8H9F3N2O. The maximum Gasteiger partial charge on any atom is 0.433 e. The summed E-state index contributed by atoms with van der Waals surface area (Å²) in [6, 6.07) is 0. The standard InChI is InChI=1S/C8H9F3N2O/c1-3-13-7(8(9,10)11)6(4-12-13)5(2)14/h4H,3H2,1-2H3. The van der Waals surface area contributed by atoms with Crippen LogP contribution in [0.2, 0.25) is 0 Å². The van der Waals surface area contributed by atoms with Crippen LogP contribution in [0.3, 0.4) is 0 Å². The number of Topliss-reactive ketones (excluding diaryl/α,β-unsaturated/α-hetero) is 1. The third-order valence-electron chi connectivity index (χ3n) is 1.79. The Bertz CT molecular complexity index is 354. The van der Waals surface area contributed by atoms with Crippen molar-refractivity contribution < 1.29 is 18.0 Å². The van der Waals surface area contributed by atoms with Crippen molar-refractivity contribution in [3.63, 3.8) is 0 Å². The van der Waals surface area contributed by atoms with Gasteiger partial charge in [0, 0.05) is 6.54 Å². The van der Waals surface area contributed by atoms with Gasteiger partial charge in [-0.2, -0.15) is 18.3 Å². The van der Waals surface area contributed by atoms with Gasteiger partial charge in [-0.3, -0.25) is 9.48 Å². The van der Waals surface area contributed by atoms with Crippen molar-refractivity contribution >= 4 is 5.78 Å². The zero-order chi connectivity index (χ0) is 10.9. The maximum absolute atomic E-state index is 12.5. The minimum atomic E-state index is -4.53. The Labute approximate surface area is 78.5 Å². The van der Waals surface area contributed by atoms with Crippen LogP contribution in [0.25, 0.3) is 0 Å². The Kier molecular flexibility index (Phi) is 2.64. The minimum absolute atomic E-state index is 0.0854. The largest absolute Gasteiger partial charge is 0.433 e. The highest BCUT2D eigenvalue weighted by molar-refractivity contribution is 5.95. The van der Waals surface area contributed by atoms with Gasteiger partial charge in [0.1, 0.15) is 0 Å². The quantitative estimate of drug-likeness (QED) is 0.694. The molecule has 1 heterocycles. The van der Waals surface area contributed by atoms with Gasteiger partial charge in [0.15, 0.2) is 11.5 Å². The highest BCUT2D eigenvalue weighted by Gasteiger charge is 2.38. The molecule has 0 amide bonds. The van der Waals surface area contributed by atoms with E-state index >= 15 is 0 Å². The molecule has 0 fully saturated rings. The molecule has 6 heteroatoms. The first-order valence-corrected chi connectivity index (χ1v) is 4.01. The summed E-state index contributed by atoms with van der Waals surface area (Å²) in [6.07, 6.45) is -3.58. The van der Waals surface area contributed by atoms with E-state index in [2.05, 4.69) is 5.10 Å². The highest BCUT2D eigenvalue weighted by Crippen LogP contribution is 2.32. The summed E-state index contributed by atoms with van der Waals surface area (Å²) < 4.78 is 38.2. The number of aromatic nitrogens is 2. The first-order chi connectivity index (χ1) is 6.38. The van der Waals surface area contributed by atoms with E-state index < -0.39 is 17.7 Å². The van der Waals surface area contributed by atoms with Gasteiger partial charge in [0.05, 0.1) is 11.8 Å². The molecule has 3 nitrogen and oxygen atoms in total. The van der Waals surface area contributed by atoms with Crippen LogP contribution in [0, 0.1) is 0 Å². The summed E-state index contributed by atoms with van der Waals surface area (Å²) in [5, 5.41) is 3.50. The molecule has 0 spiro atoms. The molecule has 14 heavy (non-hydrogen) atoms. The number of ketones is 1. The fraction of sp³-hybridized carbons (Fsp3) is 0.500. The first kappa shape index (κ1) is 10.7. The van der Waals surface area contributed by atoms with Crippen LogP contribution in [-0.2, 0) is 12.7 Å². The van der Waals surface area contributed by atoms with Gasteiger partial charge in [-0.1, -0.05) is 0 Å². The maximum atomic E-state index is 12.5. The van der Waals surface area contributed by atoms with Crippen molar-refractivity contribution in [2.75, 3.05) is 0 Å². The number of hydrogen-bond donors (Lipinski definition) is 0. The normalized spacial score (nSPS) is 11.8. The van der Waals surface area contributed by atoms with Crippen molar-refractivity contribution in [1.82, 2.24) is 9.78 Å². The number of nitrogens with zero attached hydrogens (tertiary/aromatic N) is 2. The van der Waals surface area contributed by atoms with E-state index in [0.29, 0.717) is 0 Å². The topological polar surface area (TPSA) is 34.9 Å². The fourth-order valence-electron chi connectivity index (χ4n) is 1.18. The van der Waals surface area contributed by atoms with Gasteiger partial charge >= 0.3 is 6.18 Å². The summed E-state index contributed by atoms with van der Waals surface area (Å²) >= 11 is 0. The predicted molar refractivity (Wildman–Crippen MR) is 42.9 cm³/mol. The van der Waals surface area contributed by atoms with Crippen molar-refractivity contribution in [2.45, 2.75) is 26.6 Å². The van der Waals surface area contributed by atoms with Crippen LogP contribution in [-0.4, -0.2) is 15.6 Å². The molecule has 0 aliphatic carbocycles. The van der Waals surface area contributed by atoms with E-state index in [1.54, 1.807) is 0 Å². The second kappa shape index (κ2) is 3.43. The lowest BCUT2D eigenvalue weighted by molar-refractivity contribution is -0.144. The molecule has 0 radical (unpaired) electrons. The molecule has 1 rings (SSSR count). The molecule has 1 aromatic heterocycles. The van der Waals surface area contributed by atoms with Gasteiger partial charge in [0.2, 0.25) is 0 Å². The number of rotatable bonds is 2. The summed E-state index contributed by atoms with van der Waals surface area (Å²) in [6.45, 7) is 2.71. The Balaban J connectivity index is 3.34. The van der Waals surface area contributed by atoms with Crippen molar-refractivity contribution in [3.05, 3.63) is 17.5 Å². The van der Waals surface area contributed by atoms with Crippen molar-refractivity contribution in [1.29, 1.82) is 0 Å². The van der Waals surface area contributed by atoms with Crippen LogP contribution in [0.1, 0.15) is 29.9 Å². The lowest BCUT2D eigenvalue weighted by Crippen LogP contribution is -2.17. The van der Waals surface area contributed by atoms with E-state index in [0.717, 1.165) is 17.8 Å². The molecule has 0 atom stereocenters. The monoisotopic (exact) mass is 206 g/mol. The molecule has 0 saturated carbocycles. The summed E-state index contributed by atoms with van der Waals surface area (Å²) in [7, 11) is 0. The van der Waals surface area contributed by atoms with Gasteiger partial charge in [-0.05, 0) is 13.8 Å². The fourth-order valence-corrected chi connectivity index (χ4v) is 1.18. The van der Waals surface area contributed by atoms with Gasteiger partial charge in [-0.15, -0.1) is 0 Å². The van der Waals surface area contributed by atoms with Crippen LogP contribution in [0.15, 0.2) is 6.20 Å². The first-order valence-electron chi connectivity index (χ1n) is 4.01. The molecule has 0 saturated heterocycles. The summed E-state index contributed by atoms with van der Waals surface area (Å²) in [5.41, 5.74) is -1.34. The van der Waals surface area contributed by atoms with E-state index in [-0.39, 0.29) is 12.1 Å². The summed E-state index contributed by atoms with van der Waals surface area (Å²) in [5.74, 6) is -0.628. The number of alkyl halides is 3. The van der Waals surface area contributed by atoms with Gasteiger partial charge in [-0.25, -0.2) is 0 Å². The second-order valence-corrected chi connectivity index (χ2v) is 2.78. The zero-order valence-corrected chi connectivity index (χ0v) is 7.72. The average molecular weight is 206 g/mol. The molecule has 78 valence electrons. The van der Waals surface area contributed by atoms with Crippen LogP contribution in [0.5, 0.6) is 0 Å². The van der Waals surface area contributed by atoms with Gasteiger partial charge < -0.3 is 0 Å².